The molecular formula is C14H11Br2Cl. The van der Waals surface area contributed by atoms with E-state index in [2.05, 4.69) is 50.1 Å². The molecule has 0 fully saturated rings. The van der Waals surface area contributed by atoms with Crippen molar-refractivity contribution in [1.29, 1.82) is 0 Å². The second-order valence-electron chi connectivity index (χ2n) is 3.82. The molecule has 0 N–H and O–H groups in total. The third-order valence-corrected chi connectivity index (χ3v) is 4.28. The van der Waals surface area contributed by atoms with Crippen LogP contribution in [0.25, 0.3) is 0 Å². The fourth-order valence-corrected chi connectivity index (χ4v) is 2.94. The lowest BCUT2D eigenvalue weighted by Crippen LogP contribution is -1.96. The van der Waals surface area contributed by atoms with Crippen molar-refractivity contribution in [2.24, 2.45) is 0 Å². The van der Waals surface area contributed by atoms with Crippen molar-refractivity contribution < 1.29 is 0 Å². The maximum atomic E-state index is 6.16. The van der Waals surface area contributed by atoms with Crippen LogP contribution >= 0.6 is 43.5 Å². The highest BCUT2D eigenvalue weighted by Gasteiger charge is 2.10. The van der Waals surface area contributed by atoms with Crippen LogP contribution in [0.2, 0.25) is 5.02 Å². The predicted octanol–water partition coefficient (Wildman–Crippen LogP) is 5.78. The van der Waals surface area contributed by atoms with Gasteiger partial charge < -0.3 is 0 Å². The van der Waals surface area contributed by atoms with Crippen molar-refractivity contribution in [3.63, 3.8) is 0 Å². The van der Waals surface area contributed by atoms with Crippen molar-refractivity contribution in [1.82, 2.24) is 0 Å². The molecule has 0 bridgehead atoms. The summed E-state index contributed by atoms with van der Waals surface area (Å²) in [6.07, 6.45) is 0.885. The molecule has 2 rings (SSSR count). The molecule has 0 aliphatic heterocycles. The van der Waals surface area contributed by atoms with E-state index in [0.29, 0.717) is 0 Å². The van der Waals surface area contributed by atoms with Gasteiger partial charge in [0.2, 0.25) is 0 Å². The first-order valence-electron chi connectivity index (χ1n) is 5.30. The molecule has 0 radical (unpaired) electrons. The molecule has 0 saturated heterocycles. The Morgan fingerprint density at radius 1 is 1.06 bits per heavy atom. The van der Waals surface area contributed by atoms with E-state index in [0.717, 1.165) is 21.5 Å². The predicted molar refractivity (Wildman–Crippen MR) is 81.0 cm³/mol. The number of hydrogen-bond donors (Lipinski definition) is 0. The zero-order valence-electron chi connectivity index (χ0n) is 9.04. The molecule has 0 aromatic heterocycles. The Bertz CT molecular complexity index is 511. The molecule has 0 aliphatic rings. The van der Waals surface area contributed by atoms with Gasteiger partial charge in [0, 0.05) is 14.3 Å². The molecule has 17 heavy (non-hydrogen) atoms. The van der Waals surface area contributed by atoms with Gasteiger partial charge in [-0.25, -0.2) is 0 Å². The van der Waals surface area contributed by atoms with Crippen LogP contribution in [-0.4, -0.2) is 0 Å². The Kier molecular flexibility index (Phi) is 4.66. The van der Waals surface area contributed by atoms with Gasteiger partial charge in [0.25, 0.3) is 0 Å². The van der Waals surface area contributed by atoms with E-state index >= 15 is 0 Å². The third kappa shape index (κ3) is 3.57. The van der Waals surface area contributed by atoms with Crippen molar-refractivity contribution in [3.05, 3.63) is 69.2 Å². The summed E-state index contributed by atoms with van der Waals surface area (Å²) in [5, 5.41) is 0.826. The van der Waals surface area contributed by atoms with Crippen LogP contribution in [0.3, 0.4) is 0 Å². The van der Waals surface area contributed by atoms with Gasteiger partial charge in [0.1, 0.15) is 0 Å². The Balaban J connectivity index is 2.17. The summed E-state index contributed by atoms with van der Waals surface area (Å²) in [5.74, 6) is 0. The minimum Gasteiger partial charge on any atom is -0.0840 e. The average Bonchev–Trinajstić information content (AvgIpc) is 2.32. The summed E-state index contributed by atoms with van der Waals surface area (Å²) in [7, 11) is 0. The fourth-order valence-electron chi connectivity index (χ4n) is 1.68. The number of alkyl halides is 1. The molecule has 0 nitrogen and oxygen atoms in total. The van der Waals surface area contributed by atoms with Gasteiger partial charge >= 0.3 is 0 Å². The molecule has 3 heteroatoms. The average molecular weight is 375 g/mol. The molecule has 2 aromatic rings. The van der Waals surface area contributed by atoms with Gasteiger partial charge in [-0.15, -0.1) is 0 Å². The monoisotopic (exact) mass is 372 g/mol. The summed E-state index contributed by atoms with van der Waals surface area (Å²) >= 11 is 13.4. The van der Waals surface area contributed by atoms with Crippen molar-refractivity contribution in [2.75, 3.05) is 0 Å². The maximum Gasteiger partial charge on any atom is 0.0438 e. The quantitative estimate of drug-likeness (QED) is 0.597. The third-order valence-electron chi connectivity index (χ3n) is 2.57. The molecule has 1 atom stereocenters. The van der Waals surface area contributed by atoms with Crippen LogP contribution in [0.1, 0.15) is 16.0 Å². The van der Waals surface area contributed by atoms with E-state index < -0.39 is 0 Å². The molecule has 88 valence electrons. The Labute approximate surface area is 123 Å². The zero-order valence-corrected chi connectivity index (χ0v) is 13.0. The lowest BCUT2D eigenvalue weighted by atomic mass is 10.0. The van der Waals surface area contributed by atoms with Gasteiger partial charge in [-0.05, 0) is 35.7 Å². The first kappa shape index (κ1) is 13.1. The lowest BCUT2D eigenvalue weighted by Gasteiger charge is -2.11. The van der Waals surface area contributed by atoms with Crippen LogP contribution in [0.15, 0.2) is 53.0 Å². The molecule has 0 spiro atoms. The van der Waals surface area contributed by atoms with Crippen LogP contribution in [0.5, 0.6) is 0 Å². The first-order valence-corrected chi connectivity index (χ1v) is 7.38. The minimum atomic E-state index is 0.278. The summed E-state index contributed by atoms with van der Waals surface area (Å²) < 4.78 is 1.10. The van der Waals surface area contributed by atoms with Crippen LogP contribution < -0.4 is 0 Å². The van der Waals surface area contributed by atoms with Gasteiger partial charge in [-0.2, -0.15) is 0 Å². The molecule has 0 aliphatic carbocycles. The normalized spacial score (nSPS) is 12.4. The number of benzene rings is 2. The van der Waals surface area contributed by atoms with E-state index in [-0.39, 0.29) is 4.83 Å². The summed E-state index contributed by atoms with van der Waals surface area (Å²) in [6.45, 7) is 0. The molecular weight excluding hydrogens is 363 g/mol. The topological polar surface area (TPSA) is 0 Å². The molecule has 1 unspecified atom stereocenters. The van der Waals surface area contributed by atoms with Crippen molar-refractivity contribution >= 4 is 43.5 Å². The smallest absolute Gasteiger partial charge is 0.0438 e. The summed E-state index contributed by atoms with van der Waals surface area (Å²) in [4.78, 5) is 0.278. The number of halogens is 3. The molecule has 0 amide bonds. The lowest BCUT2D eigenvalue weighted by molar-refractivity contribution is 0.948. The van der Waals surface area contributed by atoms with E-state index in [4.69, 9.17) is 11.6 Å². The zero-order chi connectivity index (χ0) is 12.3. The SMILES string of the molecule is Clc1ccccc1CC(Br)c1cccc(Br)c1. The van der Waals surface area contributed by atoms with Crippen LogP contribution in [-0.2, 0) is 6.42 Å². The Morgan fingerprint density at radius 2 is 1.82 bits per heavy atom. The van der Waals surface area contributed by atoms with Crippen molar-refractivity contribution in [2.45, 2.75) is 11.2 Å². The van der Waals surface area contributed by atoms with Crippen molar-refractivity contribution in [3.8, 4) is 0 Å². The van der Waals surface area contributed by atoms with Gasteiger partial charge in [-0.3, -0.25) is 0 Å². The van der Waals surface area contributed by atoms with Crippen LogP contribution in [0, 0.1) is 0 Å². The highest BCUT2D eigenvalue weighted by atomic mass is 79.9. The van der Waals surface area contributed by atoms with Gasteiger partial charge in [0.15, 0.2) is 0 Å². The molecule has 0 saturated carbocycles. The number of rotatable bonds is 3. The second-order valence-corrected chi connectivity index (χ2v) is 6.25. The van der Waals surface area contributed by atoms with E-state index in [1.54, 1.807) is 0 Å². The summed E-state index contributed by atoms with van der Waals surface area (Å²) in [5.41, 5.74) is 2.41. The van der Waals surface area contributed by atoms with Crippen LogP contribution in [0.4, 0.5) is 0 Å². The molecule has 0 heterocycles. The fraction of sp³-hybridized carbons (Fsp3) is 0.143. The maximum absolute atomic E-state index is 6.16. The number of hydrogen-bond acceptors (Lipinski definition) is 0. The second kappa shape index (κ2) is 6.03. The Hall–Kier alpha value is -0.310. The largest absolute Gasteiger partial charge is 0.0840 e. The standard InChI is InChI=1S/C14H11Br2Cl/c15-12-6-3-5-10(8-12)13(16)9-11-4-1-2-7-14(11)17/h1-8,13H,9H2. The first-order chi connectivity index (χ1) is 8.16. The van der Waals surface area contributed by atoms with E-state index in [1.807, 2.05) is 30.3 Å². The highest BCUT2D eigenvalue weighted by Crippen LogP contribution is 2.30. The van der Waals surface area contributed by atoms with Gasteiger partial charge in [0.05, 0.1) is 0 Å². The highest BCUT2D eigenvalue weighted by molar-refractivity contribution is 9.10. The van der Waals surface area contributed by atoms with Gasteiger partial charge in [-0.1, -0.05) is 73.8 Å². The van der Waals surface area contributed by atoms with E-state index in [9.17, 15) is 0 Å². The Morgan fingerprint density at radius 3 is 2.53 bits per heavy atom. The minimum absolute atomic E-state index is 0.278. The molecule has 2 aromatic carbocycles. The summed E-state index contributed by atoms with van der Waals surface area (Å²) in [6, 6.07) is 16.3. The van der Waals surface area contributed by atoms with E-state index in [1.165, 1.54) is 5.56 Å².